The number of hydrogen-bond acceptors (Lipinski definition) is 2. The Morgan fingerprint density at radius 2 is 1.71 bits per heavy atom. The predicted octanol–water partition coefficient (Wildman–Crippen LogP) is 3.99. The van der Waals surface area contributed by atoms with Crippen LogP contribution in [-0.2, 0) is 16.0 Å². The van der Waals surface area contributed by atoms with Crippen LogP contribution in [0.4, 0.5) is 0 Å². The van der Waals surface area contributed by atoms with E-state index < -0.39 is 12.0 Å². The number of aryl methyl sites for hydroxylation is 1. The van der Waals surface area contributed by atoms with E-state index in [2.05, 4.69) is 5.32 Å². The van der Waals surface area contributed by atoms with Crippen LogP contribution in [0, 0.1) is 0 Å². The van der Waals surface area contributed by atoms with Crippen molar-refractivity contribution in [2.45, 2.75) is 31.7 Å². The number of hydrogen-bond donors (Lipinski definition) is 2. The van der Waals surface area contributed by atoms with Crippen LogP contribution < -0.4 is 5.32 Å². The molecule has 0 bridgehead atoms. The smallest absolute Gasteiger partial charge is 0.305 e. The summed E-state index contributed by atoms with van der Waals surface area (Å²) in [6.45, 7) is 0. The van der Waals surface area contributed by atoms with Gasteiger partial charge in [-0.15, -0.1) is 0 Å². The van der Waals surface area contributed by atoms with Gasteiger partial charge in [0.25, 0.3) is 0 Å². The van der Waals surface area contributed by atoms with E-state index in [4.69, 9.17) is 16.7 Å². The van der Waals surface area contributed by atoms with Crippen LogP contribution in [0.15, 0.2) is 54.6 Å². The van der Waals surface area contributed by atoms with Crippen LogP contribution >= 0.6 is 11.6 Å². The summed E-state index contributed by atoms with van der Waals surface area (Å²) in [5.74, 6) is -1.10. The quantitative estimate of drug-likeness (QED) is 0.760. The highest BCUT2D eigenvalue weighted by Crippen LogP contribution is 2.20. The van der Waals surface area contributed by atoms with Crippen LogP contribution in [0.5, 0.6) is 0 Å². The first-order valence-electron chi connectivity index (χ1n) is 7.85. The number of carbonyl (C=O) groups is 2. The molecule has 1 atom stereocenters. The summed E-state index contributed by atoms with van der Waals surface area (Å²) >= 11 is 5.85. The van der Waals surface area contributed by atoms with E-state index in [0.29, 0.717) is 11.4 Å². The zero-order chi connectivity index (χ0) is 17.4. The molecule has 2 aromatic rings. The van der Waals surface area contributed by atoms with Gasteiger partial charge in [-0.1, -0.05) is 54.1 Å². The molecule has 0 spiro atoms. The number of carboxylic acid groups (broad SMARTS) is 1. The molecule has 2 N–H and O–H groups in total. The van der Waals surface area contributed by atoms with Crippen molar-refractivity contribution in [2.24, 2.45) is 0 Å². The first-order valence-corrected chi connectivity index (χ1v) is 8.23. The summed E-state index contributed by atoms with van der Waals surface area (Å²) in [7, 11) is 0. The SMILES string of the molecule is O=C(O)C[C@@H](NC(=O)CCCc1ccccc1)c1ccc(Cl)cc1. The van der Waals surface area contributed by atoms with Gasteiger partial charge in [0.2, 0.25) is 5.91 Å². The molecule has 24 heavy (non-hydrogen) atoms. The molecular formula is C19H20ClNO3. The molecule has 1 amide bonds. The van der Waals surface area contributed by atoms with Gasteiger partial charge in [-0.25, -0.2) is 0 Å². The Labute approximate surface area is 146 Å². The number of benzene rings is 2. The highest BCUT2D eigenvalue weighted by atomic mass is 35.5. The highest BCUT2D eigenvalue weighted by molar-refractivity contribution is 6.30. The largest absolute Gasteiger partial charge is 0.481 e. The zero-order valence-electron chi connectivity index (χ0n) is 13.2. The van der Waals surface area contributed by atoms with Gasteiger partial charge in [-0.3, -0.25) is 9.59 Å². The van der Waals surface area contributed by atoms with Crippen LogP contribution in [0.3, 0.4) is 0 Å². The summed E-state index contributed by atoms with van der Waals surface area (Å²) in [4.78, 5) is 23.2. The molecule has 5 heteroatoms. The molecule has 0 aliphatic rings. The van der Waals surface area contributed by atoms with Crippen LogP contribution in [-0.4, -0.2) is 17.0 Å². The van der Waals surface area contributed by atoms with Gasteiger partial charge in [-0.2, -0.15) is 0 Å². The number of aliphatic carboxylic acids is 1. The normalized spacial score (nSPS) is 11.7. The fourth-order valence-electron chi connectivity index (χ4n) is 2.49. The lowest BCUT2D eigenvalue weighted by atomic mass is 10.0. The maximum Gasteiger partial charge on any atom is 0.305 e. The standard InChI is InChI=1S/C19H20ClNO3/c20-16-11-9-15(10-12-16)17(13-19(23)24)21-18(22)8-4-7-14-5-2-1-3-6-14/h1-3,5-6,9-12,17H,4,7-8,13H2,(H,21,22)(H,23,24)/t17-/m1/s1. The molecule has 0 heterocycles. The van der Waals surface area contributed by atoms with Crippen molar-refractivity contribution in [3.8, 4) is 0 Å². The van der Waals surface area contributed by atoms with Gasteiger partial charge in [-0.05, 0) is 36.1 Å². The molecule has 0 aliphatic carbocycles. The third-order valence-corrected chi connectivity index (χ3v) is 3.95. The van der Waals surface area contributed by atoms with Crippen molar-refractivity contribution in [3.05, 3.63) is 70.7 Å². The summed E-state index contributed by atoms with van der Waals surface area (Å²) in [5, 5.41) is 12.4. The third kappa shape index (κ3) is 6.05. The second-order valence-electron chi connectivity index (χ2n) is 5.61. The minimum atomic E-state index is -0.959. The summed E-state index contributed by atoms with van der Waals surface area (Å²) in [6.07, 6.45) is 1.74. The molecule has 0 saturated heterocycles. The van der Waals surface area contributed by atoms with E-state index in [0.717, 1.165) is 18.4 Å². The number of carbonyl (C=O) groups excluding carboxylic acids is 1. The Bertz CT molecular complexity index is 671. The van der Waals surface area contributed by atoms with E-state index in [-0.39, 0.29) is 12.3 Å². The van der Waals surface area contributed by atoms with Crippen molar-refractivity contribution in [3.63, 3.8) is 0 Å². The van der Waals surface area contributed by atoms with Gasteiger partial charge in [0.15, 0.2) is 0 Å². The molecule has 2 rings (SSSR count). The van der Waals surface area contributed by atoms with E-state index in [1.54, 1.807) is 24.3 Å². The molecule has 0 radical (unpaired) electrons. The third-order valence-electron chi connectivity index (χ3n) is 3.70. The van der Waals surface area contributed by atoms with E-state index >= 15 is 0 Å². The molecule has 0 unspecified atom stereocenters. The second-order valence-corrected chi connectivity index (χ2v) is 6.05. The average molecular weight is 346 g/mol. The van der Waals surface area contributed by atoms with Crippen molar-refractivity contribution in [2.75, 3.05) is 0 Å². The number of nitrogens with one attached hydrogen (secondary N) is 1. The fraction of sp³-hybridized carbons (Fsp3) is 0.263. The van der Waals surface area contributed by atoms with E-state index in [1.165, 1.54) is 5.56 Å². The molecule has 0 fully saturated rings. The van der Waals surface area contributed by atoms with Crippen molar-refractivity contribution in [1.29, 1.82) is 0 Å². The van der Waals surface area contributed by atoms with E-state index in [9.17, 15) is 9.59 Å². The summed E-state index contributed by atoms with van der Waals surface area (Å²) in [5.41, 5.74) is 1.92. The van der Waals surface area contributed by atoms with Gasteiger partial charge < -0.3 is 10.4 Å². The number of halogens is 1. The average Bonchev–Trinajstić information content (AvgIpc) is 2.55. The summed E-state index contributed by atoms with van der Waals surface area (Å²) in [6, 6.07) is 16.2. The first kappa shape index (κ1) is 18.0. The maximum absolute atomic E-state index is 12.1. The Morgan fingerprint density at radius 3 is 2.33 bits per heavy atom. The van der Waals surface area contributed by atoms with Gasteiger partial charge in [0, 0.05) is 11.4 Å². The lowest BCUT2D eigenvalue weighted by Crippen LogP contribution is -2.30. The van der Waals surface area contributed by atoms with Gasteiger partial charge in [0.05, 0.1) is 12.5 Å². The molecule has 2 aromatic carbocycles. The Kier molecular flexibility index (Phi) is 6.82. The first-order chi connectivity index (χ1) is 11.5. The minimum Gasteiger partial charge on any atom is -0.481 e. The number of carboxylic acids is 1. The Hall–Kier alpha value is -2.33. The minimum absolute atomic E-state index is 0.146. The summed E-state index contributed by atoms with van der Waals surface area (Å²) < 4.78 is 0. The van der Waals surface area contributed by atoms with Crippen molar-refractivity contribution < 1.29 is 14.7 Å². The Morgan fingerprint density at radius 1 is 1.04 bits per heavy atom. The predicted molar refractivity (Wildman–Crippen MR) is 94.0 cm³/mol. The van der Waals surface area contributed by atoms with Crippen LogP contribution in [0.25, 0.3) is 0 Å². The van der Waals surface area contributed by atoms with Gasteiger partial charge >= 0.3 is 5.97 Å². The van der Waals surface area contributed by atoms with E-state index in [1.807, 2.05) is 30.3 Å². The van der Waals surface area contributed by atoms with Crippen LogP contribution in [0.2, 0.25) is 5.02 Å². The van der Waals surface area contributed by atoms with Crippen molar-refractivity contribution in [1.82, 2.24) is 5.32 Å². The molecule has 0 aromatic heterocycles. The number of amides is 1. The Balaban J connectivity index is 1.89. The molecule has 0 saturated carbocycles. The zero-order valence-corrected chi connectivity index (χ0v) is 14.0. The fourth-order valence-corrected chi connectivity index (χ4v) is 2.61. The highest BCUT2D eigenvalue weighted by Gasteiger charge is 2.17. The van der Waals surface area contributed by atoms with Gasteiger partial charge in [0.1, 0.15) is 0 Å². The topological polar surface area (TPSA) is 66.4 Å². The molecule has 0 aliphatic heterocycles. The van der Waals surface area contributed by atoms with Crippen LogP contribution in [0.1, 0.15) is 36.4 Å². The lowest BCUT2D eigenvalue weighted by molar-refractivity contribution is -0.137. The number of rotatable bonds is 8. The van der Waals surface area contributed by atoms with Crippen molar-refractivity contribution >= 4 is 23.5 Å². The molecule has 126 valence electrons. The maximum atomic E-state index is 12.1. The lowest BCUT2D eigenvalue weighted by Gasteiger charge is -2.17. The molecular weight excluding hydrogens is 326 g/mol. The second kappa shape index (κ2) is 9.08. The monoisotopic (exact) mass is 345 g/mol. The molecule has 4 nitrogen and oxygen atoms in total.